The predicted molar refractivity (Wildman–Crippen MR) is 152 cm³/mol. The number of aromatic nitrogens is 2. The molecule has 2 aromatic carbocycles. The van der Waals surface area contributed by atoms with Crippen LogP contribution in [0.25, 0.3) is 22.5 Å². The zero-order valence-electron chi connectivity index (χ0n) is 22.0. The molecule has 0 fully saturated rings. The molecule has 1 aromatic heterocycles. The fourth-order valence-corrected chi connectivity index (χ4v) is 4.67. The van der Waals surface area contributed by atoms with Gasteiger partial charge >= 0.3 is 0 Å². The number of nitrogens with one attached hydrogen (secondary N) is 1. The van der Waals surface area contributed by atoms with Gasteiger partial charge in [-0.3, -0.25) is 14.5 Å². The van der Waals surface area contributed by atoms with Crippen molar-refractivity contribution in [1.82, 2.24) is 14.7 Å². The highest BCUT2D eigenvalue weighted by atomic mass is 32.2. The van der Waals surface area contributed by atoms with Crippen LogP contribution in [0.5, 0.6) is 0 Å². The topological polar surface area (TPSA) is 111 Å². The molecule has 11 heteroatoms. The fourth-order valence-electron chi connectivity index (χ4n) is 3.64. The minimum Gasteiger partial charge on any atom is -0.370 e. The highest BCUT2D eigenvalue weighted by Crippen LogP contribution is 2.30. The molecule has 0 aliphatic heterocycles. The van der Waals surface area contributed by atoms with Crippen LogP contribution in [-0.4, -0.2) is 68.2 Å². The number of benzene rings is 2. The molecule has 9 nitrogen and oxygen atoms in total. The minimum atomic E-state index is -3.59. The van der Waals surface area contributed by atoms with Crippen molar-refractivity contribution in [3.05, 3.63) is 66.9 Å². The van der Waals surface area contributed by atoms with Crippen LogP contribution in [0, 0.1) is 0 Å². The Bertz CT molecular complexity index is 1280. The van der Waals surface area contributed by atoms with E-state index in [9.17, 15) is 13.2 Å². The van der Waals surface area contributed by atoms with E-state index in [1.54, 1.807) is 6.20 Å². The first kappa shape index (κ1) is 29.6. The van der Waals surface area contributed by atoms with Gasteiger partial charge in [-0.1, -0.05) is 60.7 Å². The molecular weight excluding hydrogens is 524 g/mol. The Morgan fingerprint density at radius 2 is 1.61 bits per heavy atom. The van der Waals surface area contributed by atoms with Crippen LogP contribution in [0.15, 0.2) is 66.9 Å². The number of carbonyl (C=O) groups excluding carboxylic acids is 1. The molecule has 0 bridgehead atoms. The van der Waals surface area contributed by atoms with Crippen LogP contribution in [0.1, 0.15) is 20.8 Å². The third-order valence-electron chi connectivity index (χ3n) is 5.30. The summed E-state index contributed by atoms with van der Waals surface area (Å²) in [5, 5.41) is -0.0526. The van der Waals surface area contributed by atoms with Crippen LogP contribution in [0.3, 0.4) is 0 Å². The summed E-state index contributed by atoms with van der Waals surface area (Å²) >= 11 is 1.25. The molecule has 1 atom stereocenters. The zero-order chi connectivity index (χ0) is 27.5. The summed E-state index contributed by atoms with van der Waals surface area (Å²) in [4.78, 5) is 23.5. The van der Waals surface area contributed by atoms with E-state index in [1.807, 2.05) is 72.3 Å². The van der Waals surface area contributed by atoms with Crippen LogP contribution in [0.2, 0.25) is 0 Å². The summed E-state index contributed by atoms with van der Waals surface area (Å²) in [5.41, 5.74) is 3.65. The van der Waals surface area contributed by atoms with Gasteiger partial charge in [0.1, 0.15) is 12.4 Å². The Hall–Kier alpha value is -2.99. The fraction of sp³-hybridized carbons (Fsp3) is 0.370. The number of sulfonamides is 1. The number of anilines is 1. The van der Waals surface area contributed by atoms with E-state index < -0.39 is 15.9 Å². The maximum atomic E-state index is 11.5. The SMILES string of the molecule is CC(C)N(CCOS[C@@H](C)COCC(=O)NS(C)(=O)=O)c1cnc(-c2ccccc2)c(-c2ccccc2)n1. The molecule has 0 radical (unpaired) electrons. The van der Waals surface area contributed by atoms with Gasteiger partial charge < -0.3 is 13.8 Å². The molecule has 0 spiro atoms. The summed E-state index contributed by atoms with van der Waals surface area (Å²) < 4.78 is 35.1. The van der Waals surface area contributed by atoms with Gasteiger partial charge in [0, 0.05) is 23.7 Å². The standard InChI is InChI=1S/C27H34N4O5S2/c1-20(2)31(15-16-36-37-21(3)18-35-19-25(32)30-38(4,33)34)24-17-28-26(22-11-7-5-8-12-22)27(29-24)23-13-9-6-10-14-23/h5-14,17,20-21H,15-16,18-19H2,1-4H3,(H,30,32)/t21-/m0/s1. The molecular formula is C27H34N4O5S2. The van der Waals surface area contributed by atoms with Gasteiger partial charge in [-0.25, -0.2) is 13.4 Å². The molecule has 1 amide bonds. The second-order valence-corrected chi connectivity index (χ2v) is 12.0. The maximum absolute atomic E-state index is 11.5. The number of ether oxygens (including phenoxy) is 1. The zero-order valence-corrected chi connectivity index (χ0v) is 23.7. The van der Waals surface area contributed by atoms with E-state index >= 15 is 0 Å². The summed E-state index contributed by atoms with van der Waals surface area (Å²) in [7, 11) is -3.59. The number of rotatable bonds is 14. The summed E-state index contributed by atoms with van der Waals surface area (Å²) in [6.45, 7) is 7.04. The van der Waals surface area contributed by atoms with Gasteiger partial charge in [0.15, 0.2) is 0 Å². The molecule has 3 aromatic rings. The highest BCUT2D eigenvalue weighted by Gasteiger charge is 2.18. The van der Waals surface area contributed by atoms with Gasteiger partial charge in [-0.2, -0.15) is 0 Å². The second-order valence-electron chi connectivity index (χ2n) is 8.99. The Balaban J connectivity index is 1.61. The molecule has 0 unspecified atom stereocenters. The van der Waals surface area contributed by atoms with Gasteiger partial charge in [0.05, 0.1) is 42.3 Å². The quantitative estimate of drug-likeness (QED) is 0.230. The van der Waals surface area contributed by atoms with Crippen molar-refractivity contribution in [2.45, 2.75) is 32.1 Å². The molecule has 0 aliphatic rings. The van der Waals surface area contributed by atoms with E-state index in [-0.39, 0.29) is 24.5 Å². The summed E-state index contributed by atoms with van der Waals surface area (Å²) in [5.74, 6) is 0.0628. The van der Waals surface area contributed by atoms with Crippen molar-refractivity contribution in [1.29, 1.82) is 0 Å². The van der Waals surface area contributed by atoms with Crippen molar-refractivity contribution in [2.75, 3.05) is 37.5 Å². The highest BCUT2D eigenvalue weighted by molar-refractivity contribution is 7.95. The van der Waals surface area contributed by atoms with Crippen molar-refractivity contribution >= 4 is 33.8 Å². The van der Waals surface area contributed by atoms with Crippen molar-refractivity contribution in [2.24, 2.45) is 0 Å². The molecule has 38 heavy (non-hydrogen) atoms. The number of amides is 1. The monoisotopic (exact) mass is 558 g/mol. The lowest BCUT2D eigenvalue weighted by atomic mass is 10.0. The summed E-state index contributed by atoms with van der Waals surface area (Å²) in [6.07, 6.45) is 2.73. The first-order chi connectivity index (χ1) is 18.1. The first-order valence-corrected chi connectivity index (χ1v) is 14.9. The Morgan fingerprint density at radius 3 is 2.18 bits per heavy atom. The lowest BCUT2D eigenvalue weighted by Gasteiger charge is -2.28. The number of hydrogen-bond acceptors (Lipinski definition) is 9. The average Bonchev–Trinajstić information content (AvgIpc) is 2.88. The minimum absolute atomic E-state index is 0.0526. The lowest BCUT2D eigenvalue weighted by molar-refractivity contribution is -0.123. The van der Waals surface area contributed by atoms with Gasteiger partial charge in [0.2, 0.25) is 10.0 Å². The van der Waals surface area contributed by atoms with Crippen molar-refractivity contribution in [3.63, 3.8) is 0 Å². The van der Waals surface area contributed by atoms with Crippen LogP contribution < -0.4 is 9.62 Å². The third-order valence-corrected chi connectivity index (χ3v) is 6.67. The Labute approximate surface area is 229 Å². The van der Waals surface area contributed by atoms with Crippen molar-refractivity contribution < 1.29 is 22.1 Å². The summed E-state index contributed by atoms with van der Waals surface area (Å²) in [6, 6.07) is 20.2. The van der Waals surface area contributed by atoms with Crippen LogP contribution in [-0.2, 0) is 23.7 Å². The van der Waals surface area contributed by atoms with Crippen LogP contribution >= 0.6 is 12.0 Å². The average molecular weight is 559 g/mol. The van der Waals surface area contributed by atoms with E-state index in [1.165, 1.54) is 12.0 Å². The van der Waals surface area contributed by atoms with Gasteiger partial charge in [-0.15, -0.1) is 0 Å². The second kappa shape index (κ2) is 14.2. The predicted octanol–water partition coefficient (Wildman–Crippen LogP) is 4.17. The molecule has 0 aliphatic carbocycles. The molecule has 204 valence electrons. The first-order valence-electron chi connectivity index (χ1n) is 12.2. The molecule has 1 heterocycles. The van der Waals surface area contributed by atoms with Gasteiger partial charge in [0.25, 0.3) is 5.91 Å². The van der Waals surface area contributed by atoms with Crippen LogP contribution in [0.4, 0.5) is 5.82 Å². The largest absolute Gasteiger partial charge is 0.370 e. The molecule has 0 saturated carbocycles. The van der Waals surface area contributed by atoms with Gasteiger partial charge in [-0.05, 0) is 32.8 Å². The normalized spacial score (nSPS) is 12.3. The lowest BCUT2D eigenvalue weighted by Crippen LogP contribution is -2.34. The third kappa shape index (κ3) is 9.39. The number of hydrogen-bond donors (Lipinski definition) is 1. The number of nitrogens with zero attached hydrogens (tertiary/aromatic N) is 3. The maximum Gasteiger partial charge on any atom is 0.259 e. The molecule has 3 rings (SSSR count). The number of carbonyl (C=O) groups is 1. The van der Waals surface area contributed by atoms with E-state index in [0.29, 0.717) is 13.2 Å². The smallest absolute Gasteiger partial charge is 0.259 e. The van der Waals surface area contributed by atoms with E-state index in [2.05, 4.69) is 18.7 Å². The Morgan fingerprint density at radius 1 is 1.00 bits per heavy atom. The molecule has 0 saturated heterocycles. The Kier molecular flexibility index (Phi) is 11.1. The molecule has 1 N–H and O–H groups in total. The van der Waals surface area contributed by atoms with E-state index in [4.69, 9.17) is 18.9 Å². The van der Waals surface area contributed by atoms with Crippen molar-refractivity contribution in [3.8, 4) is 22.5 Å². The van der Waals surface area contributed by atoms with E-state index in [0.717, 1.165) is 34.6 Å².